The molecular weight excluding hydrogens is 278 g/mol. The van der Waals surface area contributed by atoms with Gasteiger partial charge in [0, 0.05) is 31.3 Å². The number of carbonyl (C=O) groups is 1. The van der Waals surface area contributed by atoms with Crippen molar-refractivity contribution in [2.24, 2.45) is 7.05 Å². The third kappa shape index (κ3) is 2.14. The Bertz CT molecular complexity index is 727. The van der Waals surface area contributed by atoms with Crippen LogP contribution in [0.25, 0.3) is 0 Å². The van der Waals surface area contributed by atoms with Crippen molar-refractivity contribution in [2.45, 2.75) is 51.5 Å². The summed E-state index contributed by atoms with van der Waals surface area (Å²) in [6.45, 7) is 0.936. The summed E-state index contributed by atoms with van der Waals surface area (Å²) < 4.78 is 3.99. The van der Waals surface area contributed by atoms with Gasteiger partial charge in [-0.15, -0.1) is 0 Å². The van der Waals surface area contributed by atoms with Crippen LogP contribution in [-0.4, -0.2) is 25.2 Å². The highest BCUT2D eigenvalue weighted by Gasteiger charge is 2.25. The van der Waals surface area contributed by atoms with Crippen LogP contribution in [0, 0.1) is 0 Å². The first-order valence-electron chi connectivity index (χ1n) is 8.14. The molecule has 0 saturated heterocycles. The first kappa shape index (κ1) is 13.5. The second kappa shape index (κ2) is 5.26. The Kier molecular flexibility index (Phi) is 3.24. The molecule has 0 atom stereocenters. The average molecular weight is 299 g/mol. The van der Waals surface area contributed by atoms with Crippen LogP contribution in [0.4, 0.5) is 5.82 Å². The lowest BCUT2D eigenvalue weighted by Crippen LogP contribution is -2.20. The molecule has 22 heavy (non-hydrogen) atoms. The van der Waals surface area contributed by atoms with Gasteiger partial charge in [-0.1, -0.05) is 0 Å². The van der Waals surface area contributed by atoms with Crippen LogP contribution in [0.5, 0.6) is 0 Å². The van der Waals surface area contributed by atoms with Gasteiger partial charge >= 0.3 is 0 Å². The summed E-state index contributed by atoms with van der Waals surface area (Å²) in [7, 11) is 1.93. The number of hydrogen-bond donors (Lipinski definition) is 1. The monoisotopic (exact) mass is 299 g/mol. The third-order valence-corrected chi connectivity index (χ3v) is 4.79. The SMILES string of the molecule is Cn1nc(C(=O)Nc2cnc3n2CCCC3)c2c1CCCC2. The van der Waals surface area contributed by atoms with Crippen LogP contribution in [-0.2, 0) is 32.9 Å². The number of aromatic nitrogens is 4. The van der Waals surface area contributed by atoms with Crippen LogP contribution in [0.15, 0.2) is 6.20 Å². The minimum absolute atomic E-state index is 0.105. The highest BCUT2D eigenvalue weighted by atomic mass is 16.2. The van der Waals surface area contributed by atoms with E-state index in [1.807, 2.05) is 11.7 Å². The zero-order chi connectivity index (χ0) is 15.1. The van der Waals surface area contributed by atoms with Crippen molar-refractivity contribution < 1.29 is 4.79 Å². The fraction of sp³-hybridized carbons (Fsp3) is 0.562. The number of aryl methyl sites for hydroxylation is 2. The lowest BCUT2D eigenvalue weighted by molar-refractivity contribution is 0.101. The molecule has 2 aliphatic rings. The summed E-state index contributed by atoms with van der Waals surface area (Å²) in [6.07, 6.45) is 9.39. The number of nitrogens with one attached hydrogen (secondary N) is 1. The Morgan fingerprint density at radius 2 is 2.00 bits per heavy atom. The van der Waals surface area contributed by atoms with E-state index in [4.69, 9.17) is 0 Å². The van der Waals surface area contributed by atoms with Crippen LogP contribution < -0.4 is 5.32 Å². The van der Waals surface area contributed by atoms with Gasteiger partial charge in [-0.3, -0.25) is 9.48 Å². The van der Waals surface area contributed by atoms with Crippen molar-refractivity contribution in [1.29, 1.82) is 0 Å². The number of carbonyl (C=O) groups excluding carboxylic acids is 1. The number of rotatable bonds is 2. The maximum atomic E-state index is 12.7. The van der Waals surface area contributed by atoms with Crippen molar-refractivity contribution in [3.8, 4) is 0 Å². The second-order valence-corrected chi connectivity index (χ2v) is 6.23. The second-order valence-electron chi connectivity index (χ2n) is 6.23. The fourth-order valence-corrected chi connectivity index (χ4v) is 3.65. The van der Waals surface area contributed by atoms with E-state index in [0.717, 1.165) is 55.9 Å². The lowest BCUT2D eigenvalue weighted by atomic mass is 9.95. The van der Waals surface area contributed by atoms with Gasteiger partial charge in [0.1, 0.15) is 11.6 Å². The van der Waals surface area contributed by atoms with Gasteiger partial charge in [0.2, 0.25) is 0 Å². The van der Waals surface area contributed by atoms with Crippen LogP contribution in [0.3, 0.4) is 0 Å². The van der Waals surface area contributed by atoms with Crippen molar-refractivity contribution in [3.05, 3.63) is 29.0 Å². The number of anilines is 1. The van der Waals surface area contributed by atoms with Gasteiger partial charge < -0.3 is 9.88 Å². The molecule has 3 heterocycles. The number of amides is 1. The van der Waals surface area contributed by atoms with Gasteiger partial charge in [-0.2, -0.15) is 5.10 Å². The molecule has 0 aromatic carbocycles. The Balaban J connectivity index is 1.62. The summed E-state index contributed by atoms with van der Waals surface area (Å²) in [5, 5.41) is 7.48. The van der Waals surface area contributed by atoms with E-state index in [1.54, 1.807) is 6.20 Å². The standard InChI is InChI=1S/C16H21N5O/c1-20-12-7-3-2-6-11(12)15(19-20)16(22)18-14-10-17-13-8-4-5-9-21(13)14/h10H,2-9H2,1H3,(H,18,22). The molecule has 6 nitrogen and oxygen atoms in total. The number of nitrogens with zero attached hydrogens (tertiary/aromatic N) is 4. The van der Waals surface area contributed by atoms with Gasteiger partial charge in [0.05, 0.1) is 6.20 Å². The molecule has 1 aliphatic heterocycles. The summed E-state index contributed by atoms with van der Waals surface area (Å²) >= 11 is 0. The first-order valence-corrected chi connectivity index (χ1v) is 8.14. The van der Waals surface area contributed by atoms with Gasteiger partial charge in [0.25, 0.3) is 5.91 Å². The minimum Gasteiger partial charge on any atom is -0.315 e. The Hall–Kier alpha value is -2.11. The van der Waals surface area contributed by atoms with Crippen LogP contribution in [0.1, 0.15) is 53.3 Å². The molecule has 0 unspecified atom stereocenters. The quantitative estimate of drug-likeness (QED) is 0.923. The number of fused-ring (bicyclic) bond motifs is 2. The maximum absolute atomic E-state index is 12.7. The van der Waals surface area contributed by atoms with E-state index in [9.17, 15) is 4.79 Å². The molecule has 2 aromatic heterocycles. The van der Waals surface area contributed by atoms with E-state index >= 15 is 0 Å². The molecule has 0 bridgehead atoms. The van der Waals surface area contributed by atoms with E-state index in [1.165, 1.54) is 18.5 Å². The Labute approximate surface area is 129 Å². The van der Waals surface area contributed by atoms with Crippen molar-refractivity contribution >= 4 is 11.7 Å². The zero-order valence-electron chi connectivity index (χ0n) is 12.9. The summed E-state index contributed by atoms with van der Waals surface area (Å²) in [5.74, 6) is 1.77. The smallest absolute Gasteiger partial charge is 0.277 e. The summed E-state index contributed by atoms with van der Waals surface area (Å²) in [6, 6.07) is 0. The molecule has 4 rings (SSSR count). The molecule has 1 aliphatic carbocycles. The van der Waals surface area contributed by atoms with Crippen molar-refractivity contribution in [2.75, 3.05) is 5.32 Å². The third-order valence-electron chi connectivity index (χ3n) is 4.79. The molecule has 116 valence electrons. The molecule has 0 fully saturated rings. The van der Waals surface area contributed by atoms with Gasteiger partial charge in [0.15, 0.2) is 5.69 Å². The lowest BCUT2D eigenvalue weighted by Gasteiger charge is -2.16. The normalized spacial score (nSPS) is 17.0. The maximum Gasteiger partial charge on any atom is 0.277 e. The topological polar surface area (TPSA) is 64.7 Å². The van der Waals surface area contributed by atoms with Gasteiger partial charge in [-0.25, -0.2) is 4.98 Å². The first-order chi connectivity index (χ1) is 10.7. The van der Waals surface area contributed by atoms with Crippen molar-refractivity contribution in [1.82, 2.24) is 19.3 Å². The summed E-state index contributed by atoms with van der Waals surface area (Å²) in [4.78, 5) is 17.1. The zero-order valence-corrected chi connectivity index (χ0v) is 12.9. The predicted molar refractivity (Wildman–Crippen MR) is 83.0 cm³/mol. The highest BCUT2D eigenvalue weighted by Crippen LogP contribution is 2.25. The molecule has 0 saturated carbocycles. The average Bonchev–Trinajstić information content (AvgIpc) is 3.10. The Morgan fingerprint density at radius 1 is 1.18 bits per heavy atom. The predicted octanol–water partition coefficient (Wildman–Crippen LogP) is 2.08. The molecule has 2 aromatic rings. The minimum atomic E-state index is -0.105. The van der Waals surface area contributed by atoms with Crippen LogP contribution in [0.2, 0.25) is 0 Å². The fourth-order valence-electron chi connectivity index (χ4n) is 3.65. The molecule has 0 radical (unpaired) electrons. The molecule has 0 spiro atoms. The number of hydrogen-bond acceptors (Lipinski definition) is 3. The largest absolute Gasteiger partial charge is 0.315 e. The van der Waals surface area contributed by atoms with E-state index < -0.39 is 0 Å². The molecular formula is C16H21N5O. The Morgan fingerprint density at radius 3 is 2.91 bits per heavy atom. The van der Waals surface area contributed by atoms with E-state index in [-0.39, 0.29) is 5.91 Å². The molecule has 1 amide bonds. The molecule has 6 heteroatoms. The number of imidazole rings is 1. The van der Waals surface area contributed by atoms with Crippen LogP contribution >= 0.6 is 0 Å². The van der Waals surface area contributed by atoms with Gasteiger partial charge in [-0.05, 0) is 38.5 Å². The van der Waals surface area contributed by atoms with E-state index in [0.29, 0.717) is 5.69 Å². The highest BCUT2D eigenvalue weighted by molar-refractivity contribution is 6.03. The molecule has 1 N–H and O–H groups in total. The van der Waals surface area contributed by atoms with E-state index in [2.05, 4.69) is 20.0 Å². The summed E-state index contributed by atoms with van der Waals surface area (Å²) in [5.41, 5.74) is 2.93. The van der Waals surface area contributed by atoms with Crippen molar-refractivity contribution in [3.63, 3.8) is 0 Å².